The molecule has 1 amide bonds. The average molecular weight is 445 g/mol. The number of hydrogen-bond donors (Lipinski definition) is 1. The van der Waals surface area contributed by atoms with Gasteiger partial charge in [-0.05, 0) is 25.3 Å². The lowest BCUT2D eigenvalue weighted by molar-refractivity contribution is 0.146. The van der Waals surface area contributed by atoms with Crippen molar-refractivity contribution in [2.75, 3.05) is 26.4 Å². The summed E-state index contributed by atoms with van der Waals surface area (Å²) in [7, 11) is 0. The van der Waals surface area contributed by atoms with Crippen LogP contribution in [0.15, 0.2) is 22.7 Å². The van der Waals surface area contributed by atoms with Gasteiger partial charge in [0.25, 0.3) is 0 Å². The number of rotatable bonds is 11. The van der Waals surface area contributed by atoms with Crippen LogP contribution in [0, 0.1) is 0 Å². The number of amides is 1. The van der Waals surface area contributed by atoms with Crippen LogP contribution in [0.2, 0.25) is 10.0 Å². The first-order valence-electron chi connectivity index (χ1n) is 8.10. The number of benzene rings is 1. The molecule has 1 rings (SSSR count). The molecule has 0 saturated heterocycles. The minimum atomic E-state index is -0.403. The molecule has 0 atom stereocenters. The second kappa shape index (κ2) is 13.2. The molecule has 146 valence electrons. The molecule has 0 fully saturated rings. The lowest BCUT2D eigenvalue weighted by atomic mass is 10.3. The fourth-order valence-electron chi connectivity index (χ4n) is 1.80. The Morgan fingerprint density at radius 2 is 1.81 bits per heavy atom. The molecule has 0 bridgehead atoms. The van der Waals surface area contributed by atoms with Crippen LogP contribution in [0.25, 0.3) is 0 Å². The smallest absolute Gasteiger partial charge is 0.407 e. The van der Waals surface area contributed by atoms with Crippen LogP contribution < -0.4 is 14.8 Å². The second-order valence-electron chi connectivity index (χ2n) is 5.14. The molecule has 0 radical (unpaired) electrons. The number of alkyl carbamates (subject to hydrolysis) is 1. The van der Waals surface area contributed by atoms with Crippen molar-refractivity contribution in [1.29, 1.82) is 0 Å². The minimum absolute atomic E-state index is 0.121. The van der Waals surface area contributed by atoms with Crippen LogP contribution in [0.5, 0.6) is 11.5 Å². The fourth-order valence-corrected chi connectivity index (χ4v) is 2.50. The van der Waals surface area contributed by atoms with E-state index in [1.165, 1.54) is 6.08 Å². The molecular weight excluding hydrogens is 424 g/mol. The third-order valence-corrected chi connectivity index (χ3v) is 3.85. The van der Waals surface area contributed by atoms with E-state index in [-0.39, 0.29) is 11.1 Å². The molecule has 5 nitrogen and oxygen atoms in total. The van der Waals surface area contributed by atoms with E-state index in [1.54, 1.807) is 12.1 Å². The predicted molar refractivity (Wildman–Crippen MR) is 106 cm³/mol. The molecule has 0 aliphatic rings. The lowest BCUT2D eigenvalue weighted by Crippen LogP contribution is -2.25. The number of nitrogens with one attached hydrogen (secondary N) is 1. The quantitative estimate of drug-likeness (QED) is 0.426. The summed E-state index contributed by atoms with van der Waals surface area (Å²) in [5.74, 6) is 0.870. The van der Waals surface area contributed by atoms with Gasteiger partial charge in [0.1, 0.15) is 16.8 Å². The van der Waals surface area contributed by atoms with Gasteiger partial charge in [-0.3, -0.25) is 0 Å². The molecule has 26 heavy (non-hydrogen) atoms. The second-order valence-corrected chi connectivity index (χ2v) is 6.96. The van der Waals surface area contributed by atoms with Crippen LogP contribution in [0.1, 0.15) is 26.2 Å². The topological polar surface area (TPSA) is 56.8 Å². The minimum Gasteiger partial charge on any atom is -0.490 e. The van der Waals surface area contributed by atoms with Gasteiger partial charge in [0.2, 0.25) is 0 Å². The normalized spacial score (nSPS) is 10.2. The maximum atomic E-state index is 11.3. The summed E-state index contributed by atoms with van der Waals surface area (Å²) < 4.78 is 16.1. The summed E-state index contributed by atoms with van der Waals surface area (Å²) in [6.07, 6.45) is 3.35. The highest BCUT2D eigenvalue weighted by Gasteiger charge is 2.10. The summed E-state index contributed by atoms with van der Waals surface area (Å²) in [5.41, 5.74) is 0. The molecule has 0 aromatic heterocycles. The zero-order chi connectivity index (χ0) is 19.4. The van der Waals surface area contributed by atoms with Crippen molar-refractivity contribution in [3.63, 3.8) is 0 Å². The molecule has 1 N–H and O–H groups in total. The zero-order valence-corrected chi connectivity index (χ0v) is 17.4. The molecule has 0 saturated carbocycles. The maximum Gasteiger partial charge on any atom is 0.407 e. The number of hydrogen-bond acceptors (Lipinski definition) is 4. The van der Waals surface area contributed by atoms with Gasteiger partial charge in [0.15, 0.2) is 5.75 Å². The van der Waals surface area contributed by atoms with Crippen molar-refractivity contribution in [1.82, 2.24) is 5.32 Å². The zero-order valence-electron chi connectivity index (χ0n) is 14.3. The van der Waals surface area contributed by atoms with Gasteiger partial charge >= 0.3 is 6.09 Å². The Hall–Kier alpha value is -1.01. The molecule has 1 aromatic rings. The summed E-state index contributed by atoms with van der Waals surface area (Å²) in [6, 6.07) is 3.20. The van der Waals surface area contributed by atoms with Crippen LogP contribution in [-0.2, 0) is 4.74 Å². The van der Waals surface area contributed by atoms with E-state index in [4.69, 9.17) is 60.6 Å². The van der Waals surface area contributed by atoms with Gasteiger partial charge in [-0.2, -0.15) is 0 Å². The van der Waals surface area contributed by atoms with Crippen molar-refractivity contribution in [2.24, 2.45) is 0 Å². The van der Waals surface area contributed by atoms with Crippen LogP contribution in [-0.4, -0.2) is 32.5 Å². The number of carbonyl (C=O) groups is 1. The van der Waals surface area contributed by atoms with Crippen molar-refractivity contribution in [3.05, 3.63) is 32.7 Å². The third-order valence-electron chi connectivity index (χ3n) is 2.98. The number of ether oxygens (including phenoxy) is 3. The highest BCUT2D eigenvalue weighted by molar-refractivity contribution is 6.55. The van der Waals surface area contributed by atoms with Crippen LogP contribution in [0.4, 0.5) is 4.79 Å². The molecule has 0 aliphatic carbocycles. The number of carbonyl (C=O) groups excluding carboxylic acids is 1. The Bertz CT molecular complexity index is 583. The van der Waals surface area contributed by atoms with E-state index in [0.717, 1.165) is 19.3 Å². The van der Waals surface area contributed by atoms with E-state index in [2.05, 4.69) is 5.32 Å². The summed E-state index contributed by atoms with van der Waals surface area (Å²) in [6.45, 7) is 3.47. The third kappa shape index (κ3) is 9.62. The van der Waals surface area contributed by atoms with Gasteiger partial charge in [-0.1, -0.05) is 53.3 Å². The van der Waals surface area contributed by atoms with E-state index < -0.39 is 6.09 Å². The first-order valence-corrected chi connectivity index (χ1v) is 9.61. The Balaban J connectivity index is 2.34. The number of halogens is 4. The van der Waals surface area contributed by atoms with Crippen LogP contribution in [0.3, 0.4) is 0 Å². The standard InChI is InChI=1S/C17H21Cl4NO4/c1-2-7-26-17(23)22-6-3-4-8-25-16-13(18)10-12(11-14(16)19)24-9-5-15(20)21/h5,10-11H,2-4,6-9H2,1H3,(H,22,23). The Morgan fingerprint density at radius 3 is 2.42 bits per heavy atom. The van der Waals surface area contributed by atoms with Gasteiger partial charge < -0.3 is 19.5 Å². The molecule has 0 heterocycles. The molecular formula is C17H21Cl4NO4. The van der Waals surface area contributed by atoms with Gasteiger partial charge in [-0.15, -0.1) is 0 Å². The van der Waals surface area contributed by atoms with Gasteiger partial charge in [0.05, 0.1) is 23.3 Å². The van der Waals surface area contributed by atoms with Crippen LogP contribution >= 0.6 is 46.4 Å². The van der Waals surface area contributed by atoms with Gasteiger partial charge in [0, 0.05) is 18.7 Å². The van der Waals surface area contributed by atoms with Crippen molar-refractivity contribution in [2.45, 2.75) is 26.2 Å². The first kappa shape index (κ1) is 23.0. The molecule has 0 unspecified atom stereocenters. The lowest BCUT2D eigenvalue weighted by Gasteiger charge is -2.12. The van der Waals surface area contributed by atoms with Gasteiger partial charge in [-0.25, -0.2) is 4.79 Å². The van der Waals surface area contributed by atoms with E-state index in [9.17, 15) is 4.79 Å². The molecule has 0 spiro atoms. The number of unbranched alkanes of at least 4 members (excludes halogenated alkanes) is 1. The maximum absolute atomic E-state index is 11.3. The first-order chi connectivity index (χ1) is 12.4. The molecule has 0 aliphatic heterocycles. The highest BCUT2D eigenvalue weighted by Crippen LogP contribution is 2.37. The van der Waals surface area contributed by atoms with Crippen molar-refractivity contribution < 1.29 is 19.0 Å². The van der Waals surface area contributed by atoms with Crippen molar-refractivity contribution >= 4 is 52.5 Å². The Labute approximate surface area is 173 Å². The molecule has 9 heteroatoms. The van der Waals surface area contributed by atoms with E-state index >= 15 is 0 Å². The summed E-state index contributed by atoms with van der Waals surface area (Å²) in [5, 5.41) is 3.35. The SMILES string of the molecule is CCCOC(=O)NCCCCOc1c(Cl)cc(OCC=C(Cl)Cl)cc1Cl. The predicted octanol–water partition coefficient (Wildman–Crippen LogP) is 5.99. The largest absolute Gasteiger partial charge is 0.490 e. The van der Waals surface area contributed by atoms with Crippen molar-refractivity contribution in [3.8, 4) is 11.5 Å². The highest BCUT2D eigenvalue weighted by atomic mass is 35.5. The summed E-state index contributed by atoms with van der Waals surface area (Å²) in [4.78, 5) is 11.3. The monoisotopic (exact) mass is 443 g/mol. The van der Waals surface area contributed by atoms with E-state index in [0.29, 0.717) is 41.3 Å². The Morgan fingerprint density at radius 1 is 1.12 bits per heavy atom. The Kier molecular flexibility index (Phi) is 11.7. The van der Waals surface area contributed by atoms with E-state index in [1.807, 2.05) is 6.92 Å². The average Bonchev–Trinajstić information content (AvgIpc) is 2.57. The molecule has 1 aromatic carbocycles. The summed E-state index contributed by atoms with van der Waals surface area (Å²) >= 11 is 23.4. The fraction of sp³-hybridized carbons (Fsp3) is 0.471.